The molecule has 0 aliphatic heterocycles. The van der Waals surface area contributed by atoms with Gasteiger partial charge in [0.2, 0.25) is 0 Å². The lowest BCUT2D eigenvalue weighted by Gasteiger charge is -1.92. The first kappa shape index (κ1) is 12.4. The Hall–Kier alpha value is -1.39. The van der Waals surface area contributed by atoms with Crippen molar-refractivity contribution >= 4 is 38.6 Å². The van der Waals surface area contributed by atoms with Gasteiger partial charge in [-0.1, -0.05) is 6.42 Å². The third-order valence-electron chi connectivity index (χ3n) is 3.87. The predicted molar refractivity (Wildman–Crippen MR) is 88.6 cm³/mol. The first-order valence-electron chi connectivity index (χ1n) is 7.07. The number of nitrogen functional groups attached to an aromatic ring is 1. The summed E-state index contributed by atoms with van der Waals surface area (Å²) in [5, 5.41) is 1.14. The summed E-state index contributed by atoms with van der Waals surface area (Å²) in [7, 11) is 0. The molecule has 20 heavy (non-hydrogen) atoms. The normalized spacial score (nSPS) is 15.2. The Morgan fingerprint density at radius 3 is 2.85 bits per heavy atom. The molecule has 1 aromatic carbocycles. The highest BCUT2D eigenvalue weighted by Crippen LogP contribution is 2.38. The van der Waals surface area contributed by atoms with Crippen LogP contribution in [-0.4, -0.2) is 4.98 Å². The molecule has 2 aromatic heterocycles. The van der Waals surface area contributed by atoms with Crippen molar-refractivity contribution in [2.45, 2.75) is 32.1 Å². The Balaban J connectivity index is 1.78. The first-order valence-corrected chi connectivity index (χ1v) is 8.71. The van der Waals surface area contributed by atoms with Gasteiger partial charge in [0.15, 0.2) is 0 Å². The third kappa shape index (κ3) is 2.13. The number of rotatable bonds is 1. The molecule has 0 bridgehead atoms. The summed E-state index contributed by atoms with van der Waals surface area (Å²) in [6.45, 7) is 0. The summed E-state index contributed by atoms with van der Waals surface area (Å²) < 4.78 is 1.18. The van der Waals surface area contributed by atoms with Crippen LogP contribution < -0.4 is 5.73 Å². The van der Waals surface area contributed by atoms with E-state index in [0.29, 0.717) is 0 Å². The zero-order valence-electron chi connectivity index (χ0n) is 11.2. The molecule has 0 saturated carbocycles. The van der Waals surface area contributed by atoms with E-state index in [0.717, 1.165) is 16.2 Å². The van der Waals surface area contributed by atoms with Crippen LogP contribution in [0.25, 0.3) is 20.1 Å². The summed E-state index contributed by atoms with van der Waals surface area (Å²) >= 11 is 3.69. The fourth-order valence-corrected chi connectivity index (χ4v) is 5.13. The summed E-state index contributed by atoms with van der Waals surface area (Å²) in [5.74, 6) is 0. The molecular weight excluding hydrogens is 284 g/mol. The first-order chi connectivity index (χ1) is 9.79. The molecule has 102 valence electrons. The minimum atomic E-state index is 0.815. The standard InChI is InChI=1S/C16H16N2S2/c17-11-6-7-12-14(9-11)20-16(18-12)15-8-10-4-2-1-3-5-13(10)19-15/h6-9H,1-5,17H2. The van der Waals surface area contributed by atoms with Crippen molar-refractivity contribution in [3.63, 3.8) is 0 Å². The Morgan fingerprint density at radius 1 is 1.00 bits per heavy atom. The molecule has 4 heteroatoms. The van der Waals surface area contributed by atoms with E-state index in [1.807, 2.05) is 29.5 Å². The molecule has 2 heterocycles. The average Bonchev–Trinajstić information content (AvgIpc) is 2.97. The number of fused-ring (bicyclic) bond motifs is 2. The molecule has 0 fully saturated rings. The number of aromatic nitrogens is 1. The minimum absolute atomic E-state index is 0.815. The van der Waals surface area contributed by atoms with Gasteiger partial charge in [-0.3, -0.25) is 0 Å². The van der Waals surface area contributed by atoms with Gasteiger partial charge in [-0.25, -0.2) is 4.98 Å². The number of thiophene rings is 1. The van der Waals surface area contributed by atoms with Crippen LogP contribution in [0.4, 0.5) is 5.69 Å². The monoisotopic (exact) mass is 300 g/mol. The van der Waals surface area contributed by atoms with E-state index in [1.165, 1.54) is 41.7 Å². The van der Waals surface area contributed by atoms with Gasteiger partial charge in [0.1, 0.15) is 5.01 Å². The van der Waals surface area contributed by atoms with Crippen molar-refractivity contribution in [3.8, 4) is 9.88 Å². The fraction of sp³-hybridized carbons (Fsp3) is 0.312. The minimum Gasteiger partial charge on any atom is -0.399 e. The van der Waals surface area contributed by atoms with Crippen LogP contribution in [0.15, 0.2) is 24.3 Å². The van der Waals surface area contributed by atoms with Gasteiger partial charge in [0.05, 0.1) is 15.1 Å². The molecule has 4 rings (SSSR count). The van der Waals surface area contributed by atoms with Gasteiger partial charge in [-0.2, -0.15) is 0 Å². The number of thiazole rings is 1. The molecule has 0 amide bonds. The SMILES string of the molecule is Nc1ccc2nc(-c3cc4c(s3)CCCCC4)sc2c1. The van der Waals surface area contributed by atoms with Crippen LogP contribution in [-0.2, 0) is 12.8 Å². The van der Waals surface area contributed by atoms with Crippen molar-refractivity contribution in [2.75, 3.05) is 5.73 Å². The zero-order chi connectivity index (χ0) is 13.5. The van der Waals surface area contributed by atoms with E-state index in [9.17, 15) is 0 Å². The van der Waals surface area contributed by atoms with Gasteiger partial charge in [-0.15, -0.1) is 22.7 Å². The van der Waals surface area contributed by atoms with Gasteiger partial charge in [0, 0.05) is 10.6 Å². The van der Waals surface area contributed by atoms with Gasteiger partial charge < -0.3 is 5.73 Å². The molecule has 0 unspecified atom stereocenters. The van der Waals surface area contributed by atoms with Crippen molar-refractivity contribution in [3.05, 3.63) is 34.7 Å². The second-order valence-corrected chi connectivity index (χ2v) is 7.53. The highest BCUT2D eigenvalue weighted by Gasteiger charge is 2.15. The number of nitrogens with zero attached hydrogens (tertiary/aromatic N) is 1. The summed E-state index contributed by atoms with van der Waals surface area (Å²) in [4.78, 5) is 7.67. The van der Waals surface area contributed by atoms with Crippen LogP contribution in [0, 0.1) is 0 Å². The second-order valence-electron chi connectivity index (χ2n) is 5.37. The quantitative estimate of drug-likeness (QED) is 0.514. The number of benzene rings is 1. The number of hydrogen-bond acceptors (Lipinski definition) is 4. The maximum Gasteiger partial charge on any atom is 0.134 e. The van der Waals surface area contributed by atoms with Gasteiger partial charge in [0.25, 0.3) is 0 Å². The molecule has 0 radical (unpaired) electrons. The second kappa shape index (κ2) is 4.86. The van der Waals surface area contributed by atoms with Crippen LogP contribution in [0.3, 0.4) is 0 Å². The Morgan fingerprint density at radius 2 is 1.90 bits per heavy atom. The average molecular weight is 300 g/mol. The van der Waals surface area contributed by atoms with Crippen molar-refractivity contribution in [1.82, 2.24) is 4.98 Å². The summed E-state index contributed by atoms with van der Waals surface area (Å²) in [6.07, 6.45) is 6.53. The smallest absolute Gasteiger partial charge is 0.134 e. The largest absolute Gasteiger partial charge is 0.399 e. The van der Waals surface area contributed by atoms with Crippen LogP contribution in [0.2, 0.25) is 0 Å². The van der Waals surface area contributed by atoms with Crippen molar-refractivity contribution in [2.24, 2.45) is 0 Å². The number of aryl methyl sites for hydroxylation is 2. The van der Waals surface area contributed by atoms with E-state index in [4.69, 9.17) is 10.7 Å². The lowest BCUT2D eigenvalue weighted by Crippen LogP contribution is -1.81. The van der Waals surface area contributed by atoms with E-state index in [-0.39, 0.29) is 0 Å². The fourth-order valence-electron chi connectivity index (χ4n) is 2.82. The number of nitrogens with two attached hydrogens (primary N) is 1. The lowest BCUT2D eigenvalue weighted by molar-refractivity contribution is 0.713. The molecule has 2 nitrogen and oxygen atoms in total. The molecule has 3 aromatic rings. The van der Waals surface area contributed by atoms with Crippen molar-refractivity contribution < 1.29 is 0 Å². The maximum atomic E-state index is 5.85. The van der Waals surface area contributed by atoms with Gasteiger partial charge in [-0.05, 0) is 55.5 Å². The third-order valence-corrected chi connectivity index (χ3v) is 6.29. The molecule has 1 aliphatic carbocycles. The Labute approximate surface area is 126 Å². The van der Waals surface area contributed by atoms with Crippen molar-refractivity contribution in [1.29, 1.82) is 0 Å². The zero-order valence-corrected chi connectivity index (χ0v) is 12.8. The van der Waals surface area contributed by atoms with Crippen LogP contribution >= 0.6 is 22.7 Å². The number of hydrogen-bond donors (Lipinski definition) is 1. The van der Waals surface area contributed by atoms with Gasteiger partial charge >= 0.3 is 0 Å². The van der Waals surface area contributed by atoms with Crippen LogP contribution in [0.5, 0.6) is 0 Å². The molecular formula is C16H16N2S2. The van der Waals surface area contributed by atoms with E-state index in [2.05, 4.69) is 6.07 Å². The molecule has 2 N–H and O–H groups in total. The molecule has 0 atom stereocenters. The van der Waals surface area contributed by atoms with E-state index >= 15 is 0 Å². The van der Waals surface area contributed by atoms with E-state index < -0.39 is 0 Å². The topological polar surface area (TPSA) is 38.9 Å². The molecule has 1 aliphatic rings. The molecule has 0 saturated heterocycles. The lowest BCUT2D eigenvalue weighted by atomic mass is 10.1. The summed E-state index contributed by atoms with van der Waals surface area (Å²) in [6, 6.07) is 8.33. The van der Waals surface area contributed by atoms with Crippen LogP contribution in [0.1, 0.15) is 29.7 Å². The predicted octanol–water partition coefficient (Wildman–Crippen LogP) is 4.88. The highest BCUT2D eigenvalue weighted by atomic mass is 32.1. The molecule has 0 spiro atoms. The Kier molecular flexibility index (Phi) is 3.00. The van der Waals surface area contributed by atoms with E-state index in [1.54, 1.807) is 21.8 Å². The number of anilines is 1. The highest BCUT2D eigenvalue weighted by molar-refractivity contribution is 7.25. The maximum absolute atomic E-state index is 5.85. The Bertz CT molecular complexity index is 746. The summed E-state index contributed by atoms with van der Waals surface area (Å²) in [5.41, 5.74) is 9.28.